The van der Waals surface area contributed by atoms with Gasteiger partial charge in [-0.05, 0) is 12.8 Å². The Labute approximate surface area is 95.1 Å². The molecule has 16 heavy (non-hydrogen) atoms. The van der Waals surface area contributed by atoms with E-state index in [0.29, 0.717) is 6.04 Å². The molecular formula is C11H18N2O3. The number of hydrogen-bond acceptors (Lipinski definition) is 4. The maximum absolute atomic E-state index is 12.0. The Morgan fingerprint density at radius 2 is 2.06 bits per heavy atom. The standard InChI is InChI=1S/C11H18N2O3/c14-11-7-16-10-6-12-5-9(10)13(11)8-1-3-15-4-2-8/h8-10,12H,1-7H2/t9-,10-/m0/s1. The first-order valence-corrected chi connectivity index (χ1v) is 6.07. The summed E-state index contributed by atoms with van der Waals surface area (Å²) in [6, 6.07) is 0.599. The number of nitrogens with zero attached hydrogens (tertiary/aromatic N) is 1. The summed E-state index contributed by atoms with van der Waals surface area (Å²) >= 11 is 0. The Bertz CT molecular complexity index is 278. The monoisotopic (exact) mass is 226 g/mol. The Hall–Kier alpha value is -0.650. The van der Waals surface area contributed by atoms with Crippen molar-refractivity contribution in [1.82, 2.24) is 10.2 Å². The van der Waals surface area contributed by atoms with Crippen LogP contribution in [0.2, 0.25) is 0 Å². The summed E-state index contributed by atoms with van der Waals surface area (Å²) < 4.78 is 10.9. The predicted molar refractivity (Wildman–Crippen MR) is 57.1 cm³/mol. The first-order valence-electron chi connectivity index (χ1n) is 6.07. The summed E-state index contributed by atoms with van der Waals surface area (Å²) in [5.74, 6) is 0.150. The Kier molecular flexibility index (Phi) is 2.83. The Morgan fingerprint density at radius 3 is 2.88 bits per heavy atom. The van der Waals surface area contributed by atoms with Gasteiger partial charge >= 0.3 is 0 Å². The molecule has 5 nitrogen and oxygen atoms in total. The van der Waals surface area contributed by atoms with E-state index in [9.17, 15) is 4.79 Å². The molecule has 3 aliphatic heterocycles. The zero-order valence-electron chi connectivity index (χ0n) is 9.35. The lowest BCUT2D eigenvalue weighted by atomic mass is 10.0. The fourth-order valence-corrected chi connectivity index (χ4v) is 2.96. The van der Waals surface area contributed by atoms with Gasteiger partial charge in [-0.15, -0.1) is 0 Å². The lowest BCUT2D eigenvalue weighted by Crippen LogP contribution is -2.58. The number of fused-ring (bicyclic) bond motifs is 1. The van der Waals surface area contributed by atoms with Crippen LogP contribution in [0.3, 0.4) is 0 Å². The summed E-state index contributed by atoms with van der Waals surface area (Å²) in [7, 11) is 0. The van der Waals surface area contributed by atoms with Crippen LogP contribution in [0.1, 0.15) is 12.8 Å². The van der Waals surface area contributed by atoms with E-state index in [1.54, 1.807) is 0 Å². The average Bonchev–Trinajstić information content (AvgIpc) is 2.78. The topological polar surface area (TPSA) is 50.8 Å². The van der Waals surface area contributed by atoms with Crippen molar-refractivity contribution >= 4 is 5.91 Å². The number of amides is 1. The van der Waals surface area contributed by atoms with Gasteiger partial charge in [0.25, 0.3) is 0 Å². The maximum Gasteiger partial charge on any atom is 0.249 e. The van der Waals surface area contributed by atoms with Crippen molar-refractivity contribution in [2.75, 3.05) is 32.9 Å². The molecule has 0 aliphatic carbocycles. The molecule has 0 aromatic heterocycles. The van der Waals surface area contributed by atoms with Gasteiger partial charge in [0.1, 0.15) is 6.61 Å². The minimum Gasteiger partial charge on any atom is -0.381 e. The molecule has 5 heteroatoms. The van der Waals surface area contributed by atoms with Gasteiger partial charge in [-0.25, -0.2) is 0 Å². The van der Waals surface area contributed by atoms with Gasteiger partial charge in [-0.2, -0.15) is 0 Å². The predicted octanol–water partition coefficient (Wildman–Crippen LogP) is -0.635. The van der Waals surface area contributed by atoms with E-state index < -0.39 is 0 Å². The molecule has 2 atom stereocenters. The Balaban J connectivity index is 1.76. The lowest BCUT2D eigenvalue weighted by Gasteiger charge is -2.43. The second kappa shape index (κ2) is 4.31. The summed E-state index contributed by atoms with van der Waals surface area (Å²) in [6.07, 6.45) is 2.13. The fourth-order valence-electron chi connectivity index (χ4n) is 2.96. The highest BCUT2D eigenvalue weighted by atomic mass is 16.5. The molecule has 1 N–H and O–H groups in total. The highest BCUT2D eigenvalue weighted by Gasteiger charge is 2.42. The number of carbonyl (C=O) groups excluding carboxylic acids is 1. The minimum absolute atomic E-state index is 0.150. The largest absolute Gasteiger partial charge is 0.381 e. The van der Waals surface area contributed by atoms with E-state index >= 15 is 0 Å². The van der Waals surface area contributed by atoms with Crippen molar-refractivity contribution in [1.29, 1.82) is 0 Å². The first kappa shape index (κ1) is 10.5. The third-order valence-electron chi connectivity index (χ3n) is 3.78. The smallest absolute Gasteiger partial charge is 0.249 e. The second-order valence-corrected chi connectivity index (χ2v) is 4.72. The molecule has 90 valence electrons. The maximum atomic E-state index is 12.0. The second-order valence-electron chi connectivity index (χ2n) is 4.72. The number of carbonyl (C=O) groups is 1. The molecule has 0 radical (unpaired) electrons. The van der Waals surface area contributed by atoms with Crippen molar-refractivity contribution in [2.45, 2.75) is 31.0 Å². The van der Waals surface area contributed by atoms with Crippen LogP contribution in [0, 0.1) is 0 Å². The number of morpholine rings is 1. The average molecular weight is 226 g/mol. The quantitative estimate of drug-likeness (QED) is 0.646. The zero-order valence-corrected chi connectivity index (χ0v) is 9.35. The van der Waals surface area contributed by atoms with Gasteiger partial charge in [0.05, 0.1) is 12.1 Å². The van der Waals surface area contributed by atoms with Crippen molar-refractivity contribution in [2.24, 2.45) is 0 Å². The van der Waals surface area contributed by atoms with Crippen LogP contribution in [0.5, 0.6) is 0 Å². The molecule has 0 aromatic carbocycles. The van der Waals surface area contributed by atoms with E-state index in [2.05, 4.69) is 10.2 Å². The van der Waals surface area contributed by atoms with Crippen molar-refractivity contribution in [3.63, 3.8) is 0 Å². The minimum atomic E-state index is 0.150. The van der Waals surface area contributed by atoms with Gasteiger partial charge in [-0.1, -0.05) is 0 Å². The van der Waals surface area contributed by atoms with Crippen LogP contribution in [0.4, 0.5) is 0 Å². The number of rotatable bonds is 1. The molecule has 3 saturated heterocycles. The van der Waals surface area contributed by atoms with E-state index in [0.717, 1.165) is 39.1 Å². The molecule has 3 heterocycles. The van der Waals surface area contributed by atoms with Crippen LogP contribution in [0.15, 0.2) is 0 Å². The summed E-state index contributed by atoms with van der Waals surface area (Å²) in [5.41, 5.74) is 0. The summed E-state index contributed by atoms with van der Waals surface area (Å²) in [4.78, 5) is 14.0. The number of hydrogen-bond donors (Lipinski definition) is 1. The van der Waals surface area contributed by atoms with E-state index in [1.165, 1.54) is 0 Å². The first-order chi connectivity index (χ1) is 7.86. The van der Waals surface area contributed by atoms with Gasteiger partial charge in [0.2, 0.25) is 5.91 Å². The van der Waals surface area contributed by atoms with E-state index in [4.69, 9.17) is 9.47 Å². The van der Waals surface area contributed by atoms with E-state index in [1.807, 2.05) is 0 Å². The van der Waals surface area contributed by atoms with Gasteiger partial charge in [0, 0.05) is 32.3 Å². The summed E-state index contributed by atoms with van der Waals surface area (Å²) in [5, 5.41) is 3.30. The molecule has 1 amide bonds. The van der Waals surface area contributed by atoms with Gasteiger partial charge < -0.3 is 19.7 Å². The highest BCUT2D eigenvalue weighted by molar-refractivity contribution is 5.79. The SMILES string of the molecule is O=C1CO[C@H]2CNC[C@@H]2N1C1CCOCC1. The van der Waals surface area contributed by atoms with Crippen molar-refractivity contribution in [3.8, 4) is 0 Å². The highest BCUT2D eigenvalue weighted by Crippen LogP contribution is 2.25. The molecule has 0 bridgehead atoms. The van der Waals surface area contributed by atoms with Crippen molar-refractivity contribution < 1.29 is 14.3 Å². The molecular weight excluding hydrogens is 208 g/mol. The molecule has 0 saturated carbocycles. The number of ether oxygens (including phenoxy) is 2. The molecule has 0 aromatic rings. The third-order valence-corrected chi connectivity index (χ3v) is 3.78. The molecule has 3 fully saturated rings. The van der Waals surface area contributed by atoms with Gasteiger partial charge in [0.15, 0.2) is 0 Å². The zero-order chi connectivity index (χ0) is 11.0. The van der Waals surface area contributed by atoms with Crippen LogP contribution in [0.25, 0.3) is 0 Å². The molecule has 3 aliphatic rings. The molecule has 0 unspecified atom stereocenters. The Morgan fingerprint density at radius 1 is 1.25 bits per heavy atom. The van der Waals surface area contributed by atoms with Gasteiger partial charge in [-0.3, -0.25) is 4.79 Å². The molecule has 3 rings (SSSR count). The van der Waals surface area contributed by atoms with Crippen LogP contribution in [-0.2, 0) is 14.3 Å². The van der Waals surface area contributed by atoms with Crippen molar-refractivity contribution in [3.05, 3.63) is 0 Å². The number of nitrogens with one attached hydrogen (secondary N) is 1. The van der Waals surface area contributed by atoms with Crippen LogP contribution < -0.4 is 5.32 Å². The van der Waals surface area contributed by atoms with Crippen LogP contribution >= 0.6 is 0 Å². The summed E-state index contributed by atoms with van der Waals surface area (Å²) in [6.45, 7) is 3.55. The normalized spacial score (nSPS) is 36.5. The van der Waals surface area contributed by atoms with E-state index in [-0.39, 0.29) is 24.7 Å². The van der Waals surface area contributed by atoms with Crippen LogP contribution in [-0.4, -0.2) is 61.9 Å². The lowest BCUT2D eigenvalue weighted by molar-refractivity contribution is -0.159. The fraction of sp³-hybridized carbons (Fsp3) is 0.909. The third kappa shape index (κ3) is 1.73. The molecule has 0 spiro atoms.